The van der Waals surface area contributed by atoms with Crippen LogP contribution in [0.4, 0.5) is 4.79 Å². The van der Waals surface area contributed by atoms with Gasteiger partial charge >= 0.3 is 6.03 Å². The van der Waals surface area contributed by atoms with Gasteiger partial charge < -0.3 is 31.1 Å². The van der Waals surface area contributed by atoms with Crippen LogP contribution in [0.3, 0.4) is 0 Å². The van der Waals surface area contributed by atoms with Gasteiger partial charge in [-0.25, -0.2) is 4.79 Å². The summed E-state index contributed by atoms with van der Waals surface area (Å²) >= 11 is 0. The number of aliphatic hydroxyl groups excluding tert-OH is 3. The maximum Gasteiger partial charge on any atom is 0.319 e. The molecule has 0 saturated carbocycles. The first-order chi connectivity index (χ1) is 19.0. The number of carbonyl (C=O) groups is 1. The topological polar surface area (TPSA) is 128 Å². The Balaban J connectivity index is 2.44. The number of hydrogen-bond donors (Lipinski definition) is 5. The minimum Gasteiger partial charge on any atom is -0.394 e. The second-order valence-corrected chi connectivity index (χ2v) is 11.6. The molecule has 1 heterocycles. The summed E-state index contributed by atoms with van der Waals surface area (Å²) in [4.78, 5) is 14.8. The van der Waals surface area contributed by atoms with Crippen LogP contribution in [0.2, 0.25) is 0 Å². The van der Waals surface area contributed by atoms with Crippen LogP contribution in [0.5, 0.6) is 0 Å². The zero-order chi connectivity index (χ0) is 28.7. The van der Waals surface area contributed by atoms with E-state index in [2.05, 4.69) is 19.2 Å². The number of unbranched alkanes of at least 4 members (excludes halogenated alkanes) is 18. The molecule has 1 aliphatic heterocycles. The Morgan fingerprint density at radius 2 is 1.15 bits per heavy atom. The Morgan fingerprint density at radius 3 is 1.62 bits per heavy atom. The number of carbonyl (C=O) groups excluding carboxylic acids is 1. The van der Waals surface area contributed by atoms with Gasteiger partial charge in [-0.2, -0.15) is 0 Å². The number of aliphatic hydroxyl groups is 3. The molecule has 6 N–H and O–H groups in total. The standard InChI is InChI=1S/C31H63N3O5/c1-3-5-7-9-11-13-15-17-19-21-23-33-31(38)34(24-22-20-18-16-14-12-10-8-6-4-2)30-27(32)29(37)28(36)26(25-35)39-30/h26-30,35-37H,3-25,32H2,1-2H3,(H,33,38)/t26-,27-,28+,29-,30-/m1/s1. The van der Waals surface area contributed by atoms with Crippen LogP contribution in [-0.4, -0.2) is 76.5 Å². The van der Waals surface area contributed by atoms with Gasteiger partial charge in [0.25, 0.3) is 0 Å². The number of nitrogens with two attached hydrogens (primary N) is 1. The maximum atomic E-state index is 13.2. The highest BCUT2D eigenvalue weighted by Crippen LogP contribution is 2.23. The molecule has 1 fully saturated rings. The molecule has 0 spiro atoms. The van der Waals surface area contributed by atoms with Gasteiger partial charge in [0.05, 0.1) is 12.6 Å². The highest BCUT2D eigenvalue weighted by atomic mass is 16.5. The van der Waals surface area contributed by atoms with Gasteiger partial charge in [-0.15, -0.1) is 0 Å². The Hall–Kier alpha value is -0.930. The molecule has 8 nitrogen and oxygen atoms in total. The molecule has 232 valence electrons. The van der Waals surface area contributed by atoms with Crippen LogP contribution >= 0.6 is 0 Å². The smallest absolute Gasteiger partial charge is 0.319 e. The van der Waals surface area contributed by atoms with Crippen molar-refractivity contribution >= 4 is 6.03 Å². The molecule has 0 aromatic rings. The number of amides is 2. The molecule has 5 atom stereocenters. The molecular formula is C31H63N3O5. The molecule has 0 radical (unpaired) electrons. The maximum absolute atomic E-state index is 13.2. The third-order valence-corrected chi connectivity index (χ3v) is 8.08. The summed E-state index contributed by atoms with van der Waals surface area (Å²) in [6.07, 6.45) is 19.9. The molecule has 2 amide bonds. The summed E-state index contributed by atoms with van der Waals surface area (Å²) in [5.74, 6) is 0. The Morgan fingerprint density at radius 1 is 0.718 bits per heavy atom. The van der Waals surface area contributed by atoms with E-state index >= 15 is 0 Å². The van der Waals surface area contributed by atoms with E-state index in [1.54, 1.807) is 4.90 Å². The highest BCUT2D eigenvalue weighted by molar-refractivity contribution is 5.74. The largest absolute Gasteiger partial charge is 0.394 e. The number of rotatable bonds is 24. The molecule has 1 aliphatic rings. The quantitative estimate of drug-likeness (QED) is 0.0982. The molecule has 0 bridgehead atoms. The van der Waals surface area contributed by atoms with E-state index in [4.69, 9.17) is 10.5 Å². The number of nitrogens with one attached hydrogen (secondary N) is 1. The lowest BCUT2D eigenvalue weighted by atomic mass is 9.96. The Bertz CT molecular complexity index is 580. The zero-order valence-corrected chi connectivity index (χ0v) is 25.3. The van der Waals surface area contributed by atoms with Crippen molar-refractivity contribution in [3.05, 3.63) is 0 Å². The van der Waals surface area contributed by atoms with E-state index < -0.39 is 37.2 Å². The van der Waals surface area contributed by atoms with E-state index in [0.717, 1.165) is 32.1 Å². The van der Waals surface area contributed by atoms with Crippen molar-refractivity contribution in [1.29, 1.82) is 0 Å². The number of ether oxygens (including phenoxy) is 1. The van der Waals surface area contributed by atoms with Crippen molar-refractivity contribution in [3.63, 3.8) is 0 Å². The number of nitrogens with zero attached hydrogens (tertiary/aromatic N) is 1. The normalized spacial score (nSPS) is 23.2. The van der Waals surface area contributed by atoms with Gasteiger partial charge in [-0.1, -0.05) is 129 Å². The summed E-state index contributed by atoms with van der Waals surface area (Å²) < 4.78 is 5.84. The Kier molecular flexibility index (Phi) is 22.0. The van der Waals surface area contributed by atoms with Crippen LogP contribution in [0.15, 0.2) is 0 Å². The molecule has 0 aromatic carbocycles. The molecule has 1 saturated heterocycles. The molecular weight excluding hydrogens is 494 g/mol. The molecule has 1 rings (SSSR count). The predicted molar refractivity (Wildman–Crippen MR) is 160 cm³/mol. The fourth-order valence-electron chi connectivity index (χ4n) is 5.42. The lowest BCUT2D eigenvalue weighted by Crippen LogP contribution is -2.67. The van der Waals surface area contributed by atoms with E-state index in [0.29, 0.717) is 13.1 Å². The van der Waals surface area contributed by atoms with Crippen LogP contribution in [0.1, 0.15) is 142 Å². The minimum absolute atomic E-state index is 0.262. The summed E-state index contributed by atoms with van der Waals surface area (Å²) in [5.41, 5.74) is 6.21. The first kappa shape index (κ1) is 36.1. The van der Waals surface area contributed by atoms with Gasteiger partial charge in [0.2, 0.25) is 0 Å². The minimum atomic E-state index is -1.28. The van der Waals surface area contributed by atoms with Crippen molar-refractivity contribution < 1.29 is 24.9 Å². The molecule has 0 unspecified atom stereocenters. The van der Waals surface area contributed by atoms with Crippen LogP contribution in [-0.2, 0) is 4.74 Å². The van der Waals surface area contributed by atoms with E-state index in [1.165, 1.54) is 96.3 Å². The van der Waals surface area contributed by atoms with Crippen molar-refractivity contribution in [2.75, 3.05) is 19.7 Å². The van der Waals surface area contributed by atoms with Gasteiger partial charge in [0, 0.05) is 13.1 Å². The third kappa shape index (κ3) is 15.6. The van der Waals surface area contributed by atoms with Gasteiger partial charge in [-0.05, 0) is 12.8 Å². The third-order valence-electron chi connectivity index (χ3n) is 8.08. The lowest BCUT2D eigenvalue weighted by molar-refractivity contribution is -0.218. The second kappa shape index (κ2) is 23.7. The fraction of sp³-hybridized carbons (Fsp3) is 0.968. The van der Waals surface area contributed by atoms with Crippen molar-refractivity contribution in [3.8, 4) is 0 Å². The summed E-state index contributed by atoms with van der Waals surface area (Å²) in [7, 11) is 0. The lowest BCUT2D eigenvalue weighted by Gasteiger charge is -2.45. The second-order valence-electron chi connectivity index (χ2n) is 11.6. The SMILES string of the molecule is CCCCCCCCCCCCNC(=O)N(CCCCCCCCCCCC)[C@@H]1O[C@H](CO)[C@H](O)[C@H](O)[C@H]1N. The van der Waals surface area contributed by atoms with Gasteiger partial charge in [0.15, 0.2) is 6.23 Å². The Labute approximate surface area is 239 Å². The predicted octanol–water partition coefficient (Wildman–Crippen LogP) is 5.61. The zero-order valence-electron chi connectivity index (χ0n) is 25.3. The average Bonchev–Trinajstić information content (AvgIpc) is 2.94. The van der Waals surface area contributed by atoms with E-state index in [9.17, 15) is 20.1 Å². The average molecular weight is 558 g/mol. The summed E-state index contributed by atoms with van der Waals surface area (Å²) in [5, 5.41) is 33.3. The van der Waals surface area contributed by atoms with Crippen molar-refractivity contribution in [2.24, 2.45) is 5.73 Å². The summed E-state index contributed by atoms with van der Waals surface area (Å²) in [6, 6.07) is -1.21. The first-order valence-corrected chi connectivity index (χ1v) is 16.4. The molecule has 39 heavy (non-hydrogen) atoms. The molecule has 0 aliphatic carbocycles. The number of hydrogen-bond acceptors (Lipinski definition) is 6. The van der Waals surface area contributed by atoms with Crippen LogP contribution in [0, 0.1) is 0 Å². The molecule has 0 aromatic heterocycles. The highest BCUT2D eigenvalue weighted by Gasteiger charge is 2.45. The van der Waals surface area contributed by atoms with E-state index in [1.807, 2.05) is 0 Å². The first-order valence-electron chi connectivity index (χ1n) is 16.4. The summed E-state index contributed by atoms with van der Waals surface area (Å²) in [6.45, 7) is 5.07. The van der Waals surface area contributed by atoms with Gasteiger partial charge in [-0.3, -0.25) is 4.90 Å². The van der Waals surface area contributed by atoms with Crippen molar-refractivity contribution in [2.45, 2.75) is 173 Å². The fourth-order valence-corrected chi connectivity index (χ4v) is 5.42. The van der Waals surface area contributed by atoms with E-state index in [-0.39, 0.29) is 6.03 Å². The van der Waals surface area contributed by atoms with Crippen LogP contribution in [0.25, 0.3) is 0 Å². The van der Waals surface area contributed by atoms with Gasteiger partial charge in [0.1, 0.15) is 18.3 Å². The monoisotopic (exact) mass is 557 g/mol. The number of urea groups is 1. The van der Waals surface area contributed by atoms with Crippen LogP contribution < -0.4 is 11.1 Å². The molecule has 8 heteroatoms. The van der Waals surface area contributed by atoms with Crippen molar-refractivity contribution in [1.82, 2.24) is 10.2 Å².